The van der Waals surface area contributed by atoms with Crippen LogP contribution >= 0.6 is 0 Å². The van der Waals surface area contributed by atoms with Crippen molar-refractivity contribution in [1.82, 2.24) is 4.90 Å². The molecule has 1 saturated heterocycles. The van der Waals surface area contributed by atoms with E-state index < -0.39 is 24.0 Å². The lowest BCUT2D eigenvalue weighted by Crippen LogP contribution is -2.47. The highest BCUT2D eigenvalue weighted by Crippen LogP contribution is 2.20. The Hall–Kier alpha value is -0.980. The van der Waals surface area contributed by atoms with E-state index in [1.807, 2.05) is 0 Å². The average Bonchev–Trinajstić information content (AvgIpc) is 2.44. The molecule has 1 aliphatic heterocycles. The summed E-state index contributed by atoms with van der Waals surface area (Å²) in [6.07, 6.45) is -1.45. The molecule has 6 heteroatoms. The summed E-state index contributed by atoms with van der Waals surface area (Å²) in [5, 5.41) is 18.6. The highest BCUT2D eigenvalue weighted by molar-refractivity contribution is 5.90. The van der Waals surface area contributed by atoms with Crippen molar-refractivity contribution in [3.63, 3.8) is 0 Å². The Morgan fingerprint density at radius 3 is 2.56 bits per heavy atom. The number of ketones is 1. The number of hydrogen-bond acceptors (Lipinski definition) is 5. The molecular formula is C10H17NO5. The van der Waals surface area contributed by atoms with Crippen LogP contribution in [0.1, 0.15) is 27.2 Å². The molecule has 1 rings (SSSR count). The fourth-order valence-corrected chi connectivity index (χ4v) is 1.56. The van der Waals surface area contributed by atoms with Gasteiger partial charge < -0.3 is 14.9 Å². The lowest BCUT2D eigenvalue weighted by molar-refractivity contribution is -0.242. The Morgan fingerprint density at radius 1 is 1.56 bits per heavy atom. The van der Waals surface area contributed by atoms with Crippen molar-refractivity contribution in [2.75, 3.05) is 6.54 Å². The summed E-state index contributed by atoms with van der Waals surface area (Å²) < 4.78 is 5.22. The van der Waals surface area contributed by atoms with Gasteiger partial charge in [0.05, 0.1) is 12.1 Å². The molecule has 6 nitrogen and oxygen atoms in total. The number of carboxylic acids is 1. The first-order chi connectivity index (χ1) is 7.20. The van der Waals surface area contributed by atoms with E-state index in [0.717, 1.165) is 4.90 Å². The molecule has 0 spiro atoms. The second kappa shape index (κ2) is 4.48. The molecule has 0 amide bonds. The third-order valence-electron chi connectivity index (χ3n) is 2.21. The lowest BCUT2D eigenvalue weighted by atomic mass is 10.2. The smallest absolute Gasteiger partial charge is 0.321 e. The fourth-order valence-electron chi connectivity index (χ4n) is 1.56. The van der Waals surface area contributed by atoms with Crippen LogP contribution in [0.4, 0.5) is 0 Å². The van der Waals surface area contributed by atoms with Crippen molar-refractivity contribution in [3.8, 4) is 0 Å². The van der Waals surface area contributed by atoms with E-state index in [4.69, 9.17) is 9.84 Å². The Balaban J connectivity index is 2.70. The van der Waals surface area contributed by atoms with Crippen LogP contribution in [0.15, 0.2) is 0 Å². The number of hydrogen-bond donors (Lipinski definition) is 2. The maximum Gasteiger partial charge on any atom is 0.321 e. The zero-order valence-corrected chi connectivity index (χ0v) is 9.64. The Morgan fingerprint density at radius 2 is 2.12 bits per heavy atom. The van der Waals surface area contributed by atoms with Crippen molar-refractivity contribution in [1.29, 1.82) is 0 Å². The molecule has 1 fully saturated rings. The van der Waals surface area contributed by atoms with Crippen LogP contribution in [0.2, 0.25) is 0 Å². The zero-order chi connectivity index (χ0) is 12.5. The number of carbonyl (C=O) groups excluding carboxylic acids is 1. The average molecular weight is 231 g/mol. The van der Waals surface area contributed by atoms with E-state index in [9.17, 15) is 14.7 Å². The van der Waals surface area contributed by atoms with E-state index in [0.29, 0.717) is 0 Å². The summed E-state index contributed by atoms with van der Waals surface area (Å²) >= 11 is 0. The predicted molar refractivity (Wildman–Crippen MR) is 54.6 cm³/mol. The Kier molecular flexibility index (Phi) is 3.67. The summed E-state index contributed by atoms with van der Waals surface area (Å²) in [5.41, 5.74) is -0.603. The van der Waals surface area contributed by atoms with Gasteiger partial charge in [-0.3, -0.25) is 9.59 Å². The van der Waals surface area contributed by atoms with Gasteiger partial charge in [0.2, 0.25) is 6.41 Å². The predicted octanol–water partition coefficient (Wildman–Crippen LogP) is -0.195. The molecule has 2 N–H and O–H groups in total. The number of carbonyl (C=O) groups is 2. The maximum absolute atomic E-state index is 11.2. The van der Waals surface area contributed by atoms with Gasteiger partial charge in [0.25, 0.3) is 0 Å². The van der Waals surface area contributed by atoms with E-state index >= 15 is 0 Å². The molecule has 0 bridgehead atoms. The minimum atomic E-state index is -1.37. The minimum absolute atomic E-state index is 0.0834. The standard InChI is InChI=1S/C10H17NO5/c1-10(2,3)16-9(15)11-5-6(12)4-7(11)8(13)14/h7,9,15H,4-5H2,1-3H3,(H,13,14)/t7-,9?/m0/s1. The molecule has 0 saturated carbocycles. The normalized spacial score (nSPS) is 24.8. The number of aliphatic hydroxyl groups is 1. The second-order valence-electron chi connectivity index (χ2n) is 4.83. The fraction of sp³-hybridized carbons (Fsp3) is 0.800. The number of ether oxygens (including phenoxy) is 1. The number of rotatable bonds is 3. The van der Waals surface area contributed by atoms with Crippen molar-refractivity contribution in [2.24, 2.45) is 0 Å². The van der Waals surface area contributed by atoms with Crippen LogP contribution in [0, 0.1) is 0 Å². The van der Waals surface area contributed by atoms with Gasteiger partial charge in [0.15, 0.2) is 0 Å². The third kappa shape index (κ3) is 3.26. The lowest BCUT2D eigenvalue weighted by Gasteiger charge is -2.31. The Bertz CT molecular complexity index is 296. The number of aliphatic hydroxyl groups excluding tert-OH is 1. The van der Waals surface area contributed by atoms with Gasteiger partial charge in [-0.1, -0.05) is 0 Å². The Labute approximate surface area is 93.8 Å². The molecule has 16 heavy (non-hydrogen) atoms. The van der Waals surface area contributed by atoms with Crippen LogP contribution < -0.4 is 0 Å². The molecule has 92 valence electrons. The van der Waals surface area contributed by atoms with Crippen LogP contribution in [0.5, 0.6) is 0 Å². The number of carboxylic acid groups (broad SMARTS) is 1. The molecule has 1 heterocycles. The monoisotopic (exact) mass is 231 g/mol. The van der Waals surface area contributed by atoms with Gasteiger partial charge >= 0.3 is 5.97 Å². The molecule has 0 aliphatic carbocycles. The maximum atomic E-state index is 11.2. The van der Waals surface area contributed by atoms with Gasteiger partial charge in [0.1, 0.15) is 11.8 Å². The summed E-state index contributed by atoms with van der Waals surface area (Å²) in [6.45, 7) is 5.13. The SMILES string of the molecule is CC(C)(C)OC(O)N1CC(=O)C[C@H]1C(=O)O. The zero-order valence-electron chi connectivity index (χ0n) is 9.64. The molecule has 2 atom stereocenters. The first-order valence-corrected chi connectivity index (χ1v) is 5.07. The van der Waals surface area contributed by atoms with E-state index in [2.05, 4.69) is 0 Å². The highest BCUT2D eigenvalue weighted by atomic mass is 16.6. The topological polar surface area (TPSA) is 87.1 Å². The van der Waals surface area contributed by atoms with Gasteiger partial charge in [-0.25, -0.2) is 4.90 Å². The first-order valence-electron chi connectivity index (χ1n) is 5.07. The van der Waals surface area contributed by atoms with Crippen LogP contribution in [-0.2, 0) is 14.3 Å². The molecule has 0 radical (unpaired) electrons. The number of Topliss-reactive ketones (excluding diaryl/α,β-unsaturated/α-hetero) is 1. The van der Waals surface area contributed by atoms with Gasteiger partial charge in [0, 0.05) is 6.42 Å². The van der Waals surface area contributed by atoms with E-state index in [1.54, 1.807) is 20.8 Å². The van der Waals surface area contributed by atoms with E-state index in [1.165, 1.54) is 0 Å². The number of aliphatic carboxylic acids is 1. The summed E-state index contributed by atoms with van der Waals surface area (Å²) in [6, 6.07) is -0.996. The molecule has 0 aromatic rings. The first kappa shape index (κ1) is 13.1. The second-order valence-corrected chi connectivity index (χ2v) is 4.83. The van der Waals surface area contributed by atoms with Crippen molar-refractivity contribution in [3.05, 3.63) is 0 Å². The van der Waals surface area contributed by atoms with Crippen molar-refractivity contribution in [2.45, 2.75) is 45.2 Å². The molecule has 0 aromatic carbocycles. The van der Waals surface area contributed by atoms with Crippen LogP contribution in [-0.4, -0.2) is 51.5 Å². The summed E-state index contributed by atoms with van der Waals surface area (Å²) in [4.78, 5) is 23.2. The highest BCUT2D eigenvalue weighted by Gasteiger charge is 2.40. The van der Waals surface area contributed by atoms with Gasteiger partial charge in [-0.05, 0) is 20.8 Å². The van der Waals surface area contributed by atoms with Crippen LogP contribution in [0.3, 0.4) is 0 Å². The largest absolute Gasteiger partial charge is 0.480 e. The van der Waals surface area contributed by atoms with Crippen LogP contribution in [0.25, 0.3) is 0 Å². The van der Waals surface area contributed by atoms with Crippen molar-refractivity contribution < 1.29 is 24.5 Å². The van der Waals surface area contributed by atoms with Gasteiger partial charge in [-0.15, -0.1) is 0 Å². The summed E-state index contributed by atoms with van der Waals surface area (Å²) in [7, 11) is 0. The van der Waals surface area contributed by atoms with Gasteiger partial charge in [-0.2, -0.15) is 0 Å². The quantitative estimate of drug-likeness (QED) is 0.654. The number of nitrogens with zero attached hydrogens (tertiary/aromatic N) is 1. The van der Waals surface area contributed by atoms with Crippen molar-refractivity contribution >= 4 is 11.8 Å². The molecule has 1 unspecified atom stereocenters. The van der Waals surface area contributed by atoms with E-state index in [-0.39, 0.29) is 18.7 Å². The molecular weight excluding hydrogens is 214 g/mol. The summed E-state index contributed by atoms with van der Waals surface area (Å²) in [5.74, 6) is -1.33. The molecule has 1 aliphatic rings. The molecule has 0 aromatic heterocycles. The minimum Gasteiger partial charge on any atom is -0.480 e. The third-order valence-corrected chi connectivity index (χ3v) is 2.21. The number of likely N-dealkylation sites (tertiary alicyclic amines) is 1.